The van der Waals surface area contributed by atoms with Gasteiger partial charge in [0.25, 0.3) is 5.91 Å². The van der Waals surface area contributed by atoms with E-state index in [0.29, 0.717) is 25.2 Å². The minimum Gasteiger partial charge on any atom is -0.352 e. The predicted molar refractivity (Wildman–Crippen MR) is 106 cm³/mol. The van der Waals surface area contributed by atoms with Crippen LogP contribution in [0.2, 0.25) is 0 Å². The van der Waals surface area contributed by atoms with Crippen LogP contribution in [0.1, 0.15) is 40.7 Å². The van der Waals surface area contributed by atoms with Gasteiger partial charge in [0, 0.05) is 25.2 Å². The Hall–Kier alpha value is -2.18. The number of nitrogens with one attached hydrogen (secondary N) is 1. The topological polar surface area (TPSA) is 66.5 Å². The molecule has 1 amide bonds. The molecule has 6 heteroatoms. The van der Waals surface area contributed by atoms with Crippen LogP contribution >= 0.6 is 0 Å². The maximum absolute atomic E-state index is 12.6. The largest absolute Gasteiger partial charge is 0.352 e. The van der Waals surface area contributed by atoms with E-state index in [1.807, 2.05) is 0 Å². The van der Waals surface area contributed by atoms with Gasteiger partial charge in [-0.25, -0.2) is 8.42 Å². The van der Waals surface area contributed by atoms with Gasteiger partial charge in [-0.15, -0.1) is 0 Å². The highest BCUT2D eigenvalue weighted by Crippen LogP contribution is 2.21. The number of aryl methyl sites for hydroxylation is 2. The standard InChI is InChI=1S/C21H26N2O3S/c1-17-9-11-18(12-10-17)6-5-13-22-21(24)19-7-4-8-20(16-19)27(25,26)23-14-2-3-15-23/h4,7-12,16H,2-3,5-6,13-15H2,1H3,(H,22,24). The molecule has 0 aromatic heterocycles. The Balaban J connectivity index is 1.56. The first-order valence-corrected chi connectivity index (χ1v) is 10.8. The lowest BCUT2D eigenvalue weighted by atomic mass is 10.1. The van der Waals surface area contributed by atoms with E-state index in [1.54, 1.807) is 18.2 Å². The van der Waals surface area contributed by atoms with Gasteiger partial charge in [0.1, 0.15) is 0 Å². The van der Waals surface area contributed by atoms with Crippen molar-refractivity contribution >= 4 is 15.9 Å². The third kappa shape index (κ3) is 4.96. The molecular formula is C21H26N2O3S. The predicted octanol–water partition coefficient (Wildman–Crippen LogP) is 3.14. The van der Waals surface area contributed by atoms with Gasteiger partial charge in [0.05, 0.1) is 4.90 Å². The molecule has 1 aliphatic rings. The fraction of sp³-hybridized carbons (Fsp3) is 0.381. The summed E-state index contributed by atoms with van der Waals surface area (Å²) in [6.45, 7) is 3.72. The molecule has 2 aromatic carbocycles. The van der Waals surface area contributed by atoms with Crippen LogP contribution in [0.15, 0.2) is 53.4 Å². The summed E-state index contributed by atoms with van der Waals surface area (Å²) in [5.41, 5.74) is 2.86. The molecule has 27 heavy (non-hydrogen) atoms. The van der Waals surface area contributed by atoms with Crippen molar-refractivity contribution in [1.82, 2.24) is 9.62 Å². The first kappa shape index (κ1) is 19.6. The Kier molecular flexibility index (Phi) is 6.29. The molecule has 1 saturated heterocycles. The third-order valence-corrected chi connectivity index (χ3v) is 6.74. The molecule has 5 nitrogen and oxygen atoms in total. The maximum Gasteiger partial charge on any atom is 0.251 e. The summed E-state index contributed by atoms with van der Waals surface area (Å²) in [6.07, 6.45) is 3.51. The lowest BCUT2D eigenvalue weighted by molar-refractivity contribution is 0.0953. The Morgan fingerprint density at radius 3 is 2.48 bits per heavy atom. The normalized spacial score (nSPS) is 15.0. The van der Waals surface area contributed by atoms with Gasteiger partial charge in [0.15, 0.2) is 0 Å². The quantitative estimate of drug-likeness (QED) is 0.744. The van der Waals surface area contributed by atoms with Gasteiger partial charge in [-0.3, -0.25) is 4.79 Å². The first-order valence-electron chi connectivity index (χ1n) is 9.41. The number of hydrogen-bond donors (Lipinski definition) is 1. The zero-order valence-electron chi connectivity index (χ0n) is 15.6. The molecule has 144 valence electrons. The van der Waals surface area contributed by atoms with Crippen molar-refractivity contribution in [2.24, 2.45) is 0 Å². The highest BCUT2D eigenvalue weighted by atomic mass is 32.2. The Morgan fingerprint density at radius 2 is 1.78 bits per heavy atom. The molecular weight excluding hydrogens is 360 g/mol. The molecule has 0 aliphatic carbocycles. The lowest BCUT2D eigenvalue weighted by Gasteiger charge is -2.16. The SMILES string of the molecule is Cc1ccc(CCCNC(=O)c2cccc(S(=O)(=O)N3CCCC3)c2)cc1. The minimum atomic E-state index is -3.51. The van der Waals surface area contributed by atoms with E-state index in [2.05, 4.69) is 36.5 Å². The van der Waals surface area contributed by atoms with Crippen molar-refractivity contribution in [3.63, 3.8) is 0 Å². The molecule has 0 radical (unpaired) electrons. The molecule has 1 N–H and O–H groups in total. The highest BCUT2D eigenvalue weighted by Gasteiger charge is 2.27. The third-order valence-electron chi connectivity index (χ3n) is 4.85. The van der Waals surface area contributed by atoms with Crippen LogP contribution in [0.3, 0.4) is 0 Å². The van der Waals surface area contributed by atoms with Crippen molar-refractivity contribution in [2.45, 2.75) is 37.5 Å². The van der Waals surface area contributed by atoms with Gasteiger partial charge < -0.3 is 5.32 Å². The molecule has 2 aromatic rings. The van der Waals surface area contributed by atoms with Crippen LogP contribution in [0, 0.1) is 6.92 Å². The van der Waals surface area contributed by atoms with Crippen LogP contribution < -0.4 is 5.32 Å². The van der Waals surface area contributed by atoms with Crippen molar-refractivity contribution in [2.75, 3.05) is 19.6 Å². The van der Waals surface area contributed by atoms with E-state index in [0.717, 1.165) is 25.7 Å². The molecule has 0 atom stereocenters. The highest BCUT2D eigenvalue weighted by molar-refractivity contribution is 7.89. The average molecular weight is 387 g/mol. The van der Waals surface area contributed by atoms with Gasteiger partial charge >= 0.3 is 0 Å². The van der Waals surface area contributed by atoms with Crippen LogP contribution in [0.4, 0.5) is 0 Å². The maximum atomic E-state index is 12.6. The van der Waals surface area contributed by atoms with E-state index < -0.39 is 10.0 Å². The van der Waals surface area contributed by atoms with E-state index in [1.165, 1.54) is 21.5 Å². The summed E-state index contributed by atoms with van der Waals surface area (Å²) < 4.78 is 26.8. The molecule has 1 fully saturated rings. The van der Waals surface area contributed by atoms with Gasteiger partial charge in [-0.1, -0.05) is 35.9 Å². The number of rotatable bonds is 7. The summed E-state index contributed by atoms with van der Waals surface area (Å²) >= 11 is 0. The lowest BCUT2D eigenvalue weighted by Crippen LogP contribution is -2.29. The second-order valence-electron chi connectivity index (χ2n) is 6.98. The summed E-state index contributed by atoms with van der Waals surface area (Å²) in [4.78, 5) is 12.6. The molecule has 0 bridgehead atoms. The molecule has 1 aliphatic heterocycles. The number of benzene rings is 2. The summed E-state index contributed by atoms with van der Waals surface area (Å²) in [5.74, 6) is -0.239. The number of nitrogens with zero attached hydrogens (tertiary/aromatic N) is 1. The molecule has 3 rings (SSSR count). The molecule has 0 saturated carbocycles. The average Bonchev–Trinajstić information content (AvgIpc) is 3.22. The fourth-order valence-electron chi connectivity index (χ4n) is 3.23. The fourth-order valence-corrected chi connectivity index (χ4v) is 4.79. The van der Waals surface area contributed by atoms with Gasteiger partial charge in [-0.2, -0.15) is 4.31 Å². The van der Waals surface area contributed by atoms with Gasteiger partial charge in [0.2, 0.25) is 10.0 Å². The Labute approximate surface area is 161 Å². The van der Waals surface area contributed by atoms with Crippen LogP contribution in [-0.2, 0) is 16.4 Å². The van der Waals surface area contributed by atoms with Crippen molar-refractivity contribution < 1.29 is 13.2 Å². The van der Waals surface area contributed by atoms with Crippen molar-refractivity contribution in [3.8, 4) is 0 Å². The molecule has 1 heterocycles. The monoisotopic (exact) mass is 386 g/mol. The summed E-state index contributed by atoms with van der Waals surface area (Å²) in [6, 6.07) is 14.7. The van der Waals surface area contributed by atoms with E-state index >= 15 is 0 Å². The smallest absolute Gasteiger partial charge is 0.251 e. The second kappa shape index (κ2) is 8.67. The number of carbonyl (C=O) groups excluding carboxylic acids is 1. The van der Waals surface area contributed by atoms with Crippen molar-refractivity contribution in [1.29, 1.82) is 0 Å². The van der Waals surface area contributed by atoms with Crippen LogP contribution in [0.5, 0.6) is 0 Å². The van der Waals surface area contributed by atoms with Gasteiger partial charge in [-0.05, 0) is 56.4 Å². The summed E-state index contributed by atoms with van der Waals surface area (Å²) in [7, 11) is -3.51. The van der Waals surface area contributed by atoms with Crippen molar-refractivity contribution in [3.05, 3.63) is 65.2 Å². The second-order valence-corrected chi connectivity index (χ2v) is 8.92. The van der Waals surface area contributed by atoms with Crippen LogP contribution in [0.25, 0.3) is 0 Å². The number of amides is 1. The van der Waals surface area contributed by atoms with Crippen LogP contribution in [-0.4, -0.2) is 38.3 Å². The van der Waals surface area contributed by atoms with E-state index in [4.69, 9.17) is 0 Å². The zero-order valence-corrected chi connectivity index (χ0v) is 16.5. The minimum absolute atomic E-state index is 0.191. The molecule has 0 spiro atoms. The Bertz CT molecular complexity index is 886. The number of hydrogen-bond acceptors (Lipinski definition) is 3. The zero-order chi connectivity index (χ0) is 19.3. The summed E-state index contributed by atoms with van der Waals surface area (Å²) in [5, 5.41) is 2.88. The number of sulfonamides is 1. The molecule has 0 unspecified atom stereocenters. The van der Waals surface area contributed by atoms with E-state index in [-0.39, 0.29) is 10.8 Å². The number of carbonyl (C=O) groups is 1. The first-order chi connectivity index (χ1) is 13.0. The van der Waals surface area contributed by atoms with E-state index in [9.17, 15) is 13.2 Å². The Morgan fingerprint density at radius 1 is 1.07 bits per heavy atom.